The molecular formula is C11H7BrN2O3S. The van der Waals surface area contributed by atoms with E-state index in [2.05, 4.69) is 20.9 Å². The molecule has 0 bridgehead atoms. The maximum absolute atomic E-state index is 10.9. The number of aromatic hydroxyl groups is 1. The molecule has 0 aliphatic rings. The van der Waals surface area contributed by atoms with Crippen molar-refractivity contribution in [1.82, 2.24) is 4.98 Å². The molecule has 18 heavy (non-hydrogen) atoms. The normalized spacial score (nSPS) is 10.3. The zero-order valence-electron chi connectivity index (χ0n) is 8.91. The molecular weight excluding hydrogens is 320 g/mol. The molecule has 5 nitrogen and oxygen atoms in total. The van der Waals surface area contributed by atoms with E-state index in [-0.39, 0.29) is 11.4 Å². The number of benzene rings is 1. The molecule has 0 saturated carbocycles. The summed E-state index contributed by atoms with van der Waals surface area (Å²) < 4.78 is 0.518. The lowest BCUT2D eigenvalue weighted by Crippen LogP contribution is -1.93. The Hall–Kier alpha value is -1.60. The summed E-state index contributed by atoms with van der Waals surface area (Å²) in [6.07, 6.45) is 2.67. The first-order valence-electron chi connectivity index (χ1n) is 4.83. The molecule has 92 valence electrons. The molecule has 0 spiro atoms. The highest BCUT2D eigenvalue weighted by atomic mass is 79.9. The van der Waals surface area contributed by atoms with Crippen LogP contribution in [-0.4, -0.2) is 15.0 Å². The van der Waals surface area contributed by atoms with Crippen LogP contribution in [0.4, 0.5) is 5.69 Å². The van der Waals surface area contributed by atoms with Crippen LogP contribution in [0.25, 0.3) is 0 Å². The van der Waals surface area contributed by atoms with Crippen molar-refractivity contribution in [2.75, 3.05) is 0 Å². The molecule has 0 amide bonds. The number of phenolic OH excluding ortho intramolecular Hbond substituents is 1. The second-order valence-electron chi connectivity index (χ2n) is 3.30. The predicted octanol–water partition coefficient (Wildman–Crippen LogP) is 3.61. The lowest BCUT2D eigenvalue weighted by atomic mass is 10.3. The summed E-state index contributed by atoms with van der Waals surface area (Å²) >= 11 is 4.35. The summed E-state index contributed by atoms with van der Waals surface area (Å²) in [5.74, 6) is 0.0838. The summed E-state index contributed by atoms with van der Waals surface area (Å²) in [7, 11) is 0. The van der Waals surface area contributed by atoms with Gasteiger partial charge in [-0.05, 0) is 28.1 Å². The third kappa shape index (κ3) is 2.62. The second-order valence-corrected chi connectivity index (χ2v) is 5.20. The quantitative estimate of drug-likeness (QED) is 0.688. The van der Waals surface area contributed by atoms with Crippen molar-refractivity contribution < 1.29 is 10.0 Å². The molecule has 0 unspecified atom stereocenters. The monoisotopic (exact) mass is 326 g/mol. The van der Waals surface area contributed by atoms with E-state index < -0.39 is 4.92 Å². The fourth-order valence-corrected chi connectivity index (χ4v) is 2.78. The molecule has 1 aromatic carbocycles. The highest BCUT2D eigenvalue weighted by Gasteiger charge is 2.19. The SMILES string of the molecule is O=[N+]([O-])c1cncc(Br)c1Sc1ccccc1O. The fourth-order valence-electron chi connectivity index (χ4n) is 1.30. The van der Waals surface area contributed by atoms with Gasteiger partial charge in [0.15, 0.2) is 0 Å². The smallest absolute Gasteiger partial charge is 0.302 e. The third-order valence-electron chi connectivity index (χ3n) is 2.11. The topological polar surface area (TPSA) is 76.3 Å². The lowest BCUT2D eigenvalue weighted by molar-refractivity contribution is -0.388. The number of phenols is 1. The van der Waals surface area contributed by atoms with Gasteiger partial charge >= 0.3 is 5.69 Å². The minimum Gasteiger partial charge on any atom is -0.507 e. The van der Waals surface area contributed by atoms with E-state index in [0.717, 1.165) is 11.8 Å². The molecule has 7 heteroatoms. The van der Waals surface area contributed by atoms with Crippen LogP contribution in [0.3, 0.4) is 0 Å². The van der Waals surface area contributed by atoms with Crippen molar-refractivity contribution in [3.05, 3.63) is 51.2 Å². The Morgan fingerprint density at radius 2 is 2.06 bits per heavy atom. The minimum absolute atomic E-state index is 0.0838. The van der Waals surface area contributed by atoms with Gasteiger partial charge in [-0.2, -0.15) is 0 Å². The van der Waals surface area contributed by atoms with Crippen molar-refractivity contribution in [3.8, 4) is 5.75 Å². The Labute approximate surface area is 115 Å². The number of para-hydroxylation sites is 1. The van der Waals surface area contributed by atoms with Gasteiger partial charge in [0.25, 0.3) is 0 Å². The first-order chi connectivity index (χ1) is 8.59. The van der Waals surface area contributed by atoms with Crippen molar-refractivity contribution in [1.29, 1.82) is 0 Å². The van der Waals surface area contributed by atoms with Gasteiger partial charge in [-0.15, -0.1) is 0 Å². The minimum atomic E-state index is -0.500. The summed E-state index contributed by atoms with van der Waals surface area (Å²) in [4.78, 5) is 15.1. The zero-order chi connectivity index (χ0) is 13.1. The molecule has 1 N–H and O–H groups in total. The molecule has 1 heterocycles. The van der Waals surface area contributed by atoms with Gasteiger partial charge in [0.2, 0.25) is 0 Å². The summed E-state index contributed by atoms with van der Waals surface area (Å²) in [6, 6.07) is 6.66. The molecule has 0 aliphatic carbocycles. The molecule has 0 saturated heterocycles. The van der Waals surface area contributed by atoms with Crippen molar-refractivity contribution in [2.24, 2.45) is 0 Å². The van der Waals surface area contributed by atoms with E-state index in [0.29, 0.717) is 14.3 Å². The van der Waals surface area contributed by atoms with Gasteiger partial charge in [0.1, 0.15) is 16.8 Å². The molecule has 0 radical (unpaired) electrons. The number of aromatic nitrogens is 1. The fraction of sp³-hybridized carbons (Fsp3) is 0. The average Bonchev–Trinajstić information content (AvgIpc) is 2.34. The van der Waals surface area contributed by atoms with Gasteiger partial charge in [-0.3, -0.25) is 15.1 Å². The van der Waals surface area contributed by atoms with Crippen LogP contribution in [0, 0.1) is 10.1 Å². The van der Waals surface area contributed by atoms with E-state index in [9.17, 15) is 15.2 Å². The Morgan fingerprint density at radius 3 is 2.72 bits per heavy atom. The number of nitro groups is 1. The van der Waals surface area contributed by atoms with Crippen molar-refractivity contribution in [2.45, 2.75) is 9.79 Å². The Morgan fingerprint density at radius 1 is 1.33 bits per heavy atom. The number of halogens is 1. The second kappa shape index (κ2) is 5.36. The van der Waals surface area contributed by atoms with Crippen molar-refractivity contribution in [3.63, 3.8) is 0 Å². The zero-order valence-corrected chi connectivity index (χ0v) is 11.3. The lowest BCUT2D eigenvalue weighted by Gasteiger charge is -2.06. The molecule has 2 aromatic rings. The maximum Gasteiger partial charge on any atom is 0.302 e. The van der Waals surface area contributed by atoms with Crippen LogP contribution >= 0.6 is 27.7 Å². The number of nitrogens with zero attached hydrogens (tertiary/aromatic N) is 2. The first kappa shape index (κ1) is 12.8. The van der Waals surface area contributed by atoms with Crippen LogP contribution in [-0.2, 0) is 0 Å². The van der Waals surface area contributed by atoms with Crippen LogP contribution in [0.2, 0.25) is 0 Å². The van der Waals surface area contributed by atoms with Crippen LogP contribution in [0.1, 0.15) is 0 Å². The largest absolute Gasteiger partial charge is 0.507 e. The van der Waals surface area contributed by atoms with Crippen LogP contribution in [0.5, 0.6) is 5.75 Å². The van der Waals surface area contributed by atoms with Gasteiger partial charge in [0.05, 0.1) is 14.3 Å². The third-order valence-corrected chi connectivity index (χ3v) is 4.17. The van der Waals surface area contributed by atoms with Gasteiger partial charge < -0.3 is 5.11 Å². The van der Waals surface area contributed by atoms with E-state index >= 15 is 0 Å². The van der Waals surface area contributed by atoms with Crippen LogP contribution < -0.4 is 0 Å². The molecule has 2 rings (SSSR count). The summed E-state index contributed by atoms with van der Waals surface area (Å²) in [5.41, 5.74) is -0.0994. The summed E-state index contributed by atoms with van der Waals surface area (Å²) in [5, 5.41) is 20.6. The molecule has 1 aromatic heterocycles. The molecule has 0 aliphatic heterocycles. The number of hydrogen-bond donors (Lipinski definition) is 1. The predicted molar refractivity (Wildman–Crippen MR) is 70.8 cm³/mol. The standard InChI is InChI=1S/C11H7BrN2O3S/c12-7-5-13-6-8(14(16)17)11(7)18-10-4-2-1-3-9(10)15/h1-6,15H. The maximum atomic E-state index is 10.9. The van der Waals surface area contributed by atoms with E-state index in [1.54, 1.807) is 18.2 Å². The summed E-state index contributed by atoms with van der Waals surface area (Å²) in [6.45, 7) is 0. The average molecular weight is 327 g/mol. The van der Waals surface area contributed by atoms with E-state index in [1.165, 1.54) is 18.5 Å². The number of rotatable bonds is 3. The van der Waals surface area contributed by atoms with Gasteiger partial charge in [0, 0.05) is 6.20 Å². The van der Waals surface area contributed by atoms with E-state index in [1.807, 2.05) is 0 Å². The first-order valence-corrected chi connectivity index (χ1v) is 6.44. The Kier molecular flexibility index (Phi) is 3.83. The van der Waals surface area contributed by atoms with E-state index in [4.69, 9.17) is 0 Å². The Balaban J connectivity index is 2.46. The Bertz CT molecular complexity index is 607. The highest BCUT2D eigenvalue weighted by molar-refractivity contribution is 9.10. The van der Waals surface area contributed by atoms with Gasteiger partial charge in [-0.25, -0.2) is 0 Å². The number of hydrogen-bond acceptors (Lipinski definition) is 5. The molecule has 0 fully saturated rings. The molecule has 0 atom stereocenters. The highest BCUT2D eigenvalue weighted by Crippen LogP contribution is 2.42. The van der Waals surface area contributed by atoms with Crippen molar-refractivity contribution >= 4 is 33.4 Å². The van der Waals surface area contributed by atoms with Gasteiger partial charge in [-0.1, -0.05) is 23.9 Å². The number of pyridine rings is 1. The van der Waals surface area contributed by atoms with Crippen LogP contribution in [0.15, 0.2) is 50.9 Å².